The first-order valence-corrected chi connectivity index (χ1v) is 11.0. The van der Waals surface area contributed by atoms with Gasteiger partial charge in [-0.25, -0.2) is 9.97 Å². The van der Waals surface area contributed by atoms with Crippen LogP contribution in [0.25, 0.3) is 22.3 Å². The van der Waals surface area contributed by atoms with Crippen molar-refractivity contribution < 1.29 is 4.42 Å². The number of furan rings is 1. The van der Waals surface area contributed by atoms with Gasteiger partial charge >= 0.3 is 0 Å². The molecule has 4 heteroatoms. The van der Waals surface area contributed by atoms with Crippen LogP contribution in [0, 0.1) is 25.2 Å². The minimum absolute atomic E-state index is 0.641. The molecule has 4 nitrogen and oxygen atoms in total. The smallest absolute Gasteiger partial charge is 0.135 e. The number of nitrogens with zero attached hydrogens (tertiary/aromatic N) is 3. The van der Waals surface area contributed by atoms with Crippen LogP contribution >= 0.6 is 0 Å². The summed E-state index contributed by atoms with van der Waals surface area (Å²) in [5.41, 5.74) is 8.46. The van der Waals surface area contributed by atoms with E-state index in [9.17, 15) is 0 Å². The molecule has 5 aromatic rings. The van der Waals surface area contributed by atoms with Gasteiger partial charge in [-0.3, -0.25) is 0 Å². The lowest BCUT2D eigenvalue weighted by Gasteiger charge is -2.12. The predicted molar refractivity (Wildman–Crippen MR) is 130 cm³/mol. The molecule has 0 atom stereocenters. The van der Waals surface area contributed by atoms with Gasteiger partial charge in [0.25, 0.3) is 0 Å². The Labute approximate surface area is 193 Å². The van der Waals surface area contributed by atoms with Crippen molar-refractivity contribution in [2.45, 2.75) is 26.7 Å². The minimum atomic E-state index is 0.641. The van der Waals surface area contributed by atoms with E-state index in [0.29, 0.717) is 12.0 Å². The first kappa shape index (κ1) is 20.7. The molecule has 0 radical (unpaired) electrons. The maximum atomic E-state index is 8.97. The fraction of sp³-hybridized carbons (Fsp3) is 0.138. The van der Waals surface area contributed by atoms with E-state index >= 15 is 0 Å². The maximum Gasteiger partial charge on any atom is 0.135 e. The number of aryl methyl sites for hydroxylation is 2. The highest BCUT2D eigenvalue weighted by Crippen LogP contribution is 2.31. The van der Waals surface area contributed by atoms with Crippen LogP contribution in [0.15, 0.2) is 83.4 Å². The SMILES string of the molecule is Cc1cc(-c2cc3ccccc3o2)cc(C)c1Cc1ccnc(Cc2ccc(C#N)cc2)n1. The summed E-state index contributed by atoms with van der Waals surface area (Å²) < 4.78 is 6.07. The fourth-order valence-corrected chi connectivity index (χ4v) is 4.22. The van der Waals surface area contributed by atoms with E-state index in [2.05, 4.69) is 49.2 Å². The van der Waals surface area contributed by atoms with Gasteiger partial charge in [-0.1, -0.05) is 30.3 Å². The molecule has 33 heavy (non-hydrogen) atoms. The first-order valence-electron chi connectivity index (χ1n) is 11.0. The number of benzene rings is 3. The summed E-state index contributed by atoms with van der Waals surface area (Å²) in [7, 11) is 0. The normalized spacial score (nSPS) is 10.9. The lowest BCUT2D eigenvalue weighted by Crippen LogP contribution is -2.03. The Bertz CT molecular complexity index is 1430. The van der Waals surface area contributed by atoms with Gasteiger partial charge in [-0.05, 0) is 78.6 Å². The Morgan fingerprint density at radius 2 is 1.64 bits per heavy atom. The van der Waals surface area contributed by atoms with Crippen molar-refractivity contribution in [3.05, 3.63) is 118 Å². The Kier molecular flexibility index (Phi) is 5.46. The number of hydrogen-bond acceptors (Lipinski definition) is 4. The number of fused-ring (bicyclic) bond motifs is 1. The molecule has 0 bridgehead atoms. The van der Waals surface area contributed by atoms with E-state index in [1.807, 2.05) is 54.7 Å². The topological polar surface area (TPSA) is 62.7 Å². The highest BCUT2D eigenvalue weighted by atomic mass is 16.3. The summed E-state index contributed by atoms with van der Waals surface area (Å²) in [6.07, 6.45) is 3.22. The van der Waals surface area contributed by atoms with Crippen molar-refractivity contribution in [2.24, 2.45) is 0 Å². The van der Waals surface area contributed by atoms with E-state index < -0.39 is 0 Å². The van der Waals surface area contributed by atoms with Gasteiger partial charge in [-0.15, -0.1) is 0 Å². The van der Waals surface area contributed by atoms with E-state index in [1.165, 1.54) is 16.7 Å². The number of aromatic nitrogens is 2. The summed E-state index contributed by atoms with van der Waals surface area (Å²) in [5, 5.41) is 10.1. The zero-order chi connectivity index (χ0) is 22.8. The summed E-state index contributed by atoms with van der Waals surface area (Å²) in [5.74, 6) is 1.67. The van der Waals surface area contributed by atoms with Crippen molar-refractivity contribution in [2.75, 3.05) is 0 Å². The molecule has 0 aliphatic rings. The van der Waals surface area contributed by atoms with E-state index in [-0.39, 0.29) is 0 Å². The molecule has 0 aliphatic heterocycles. The Balaban J connectivity index is 1.39. The van der Waals surface area contributed by atoms with Crippen molar-refractivity contribution >= 4 is 11.0 Å². The number of para-hydroxylation sites is 1. The van der Waals surface area contributed by atoms with Crippen LogP contribution in [0.4, 0.5) is 0 Å². The number of hydrogen-bond donors (Lipinski definition) is 0. The number of rotatable bonds is 5. The third-order valence-electron chi connectivity index (χ3n) is 5.97. The molecule has 2 heterocycles. The molecule has 0 spiro atoms. The molecule has 160 valence electrons. The van der Waals surface area contributed by atoms with Crippen LogP contribution in [0.1, 0.15) is 39.3 Å². The minimum Gasteiger partial charge on any atom is -0.456 e. The lowest BCUT2D eigenvalue weighted by molar-refractivity contribution is 0.631. The van der Waals surface area contributed by atoms with Crippen LogP contribution < -0.4 is 0 Å². The van der Waals surface area contributed by atoms with Crippen LogP contribution in [-0.4, -0.2) is 9.97 Å². The van der Waals surface area contributed by atoms with Crippen LogP contribution in [0.3, 0.4) is 0 Å². The molecule has 0 amide bonds. The molecule has 0 N–H and O–H groups in total. The zero-order valence-electron chi connectivity index (χ0n) is 18.7. The van der Waals surface area contributed by atoms with Crippen molar-refractivity contribution in [3.8, 4) is 17.4 Å². The van der Waals surface area contributed by atoms with Gasteiger partial charge < -0.3 is 4.42 Å². The Hall–Kier alpha value is -4.23. The van der Waals surface area contributed by atoms with Gasteiger partial charge in [0.15, 0.2) is 0 Å². The van der Waals surface area contributed by atoms with E-state index in [0.717, 1.165) is 45.8 Å². The highest BCUT2D eigenvalue weighted by molar-refractivity contribution is 5.83. The number of nitriles is 1. The van der Waals surface area contributed by atoms with Crippen molar-refractivity contribution in [1.82, 2.24) is 9.97 Å². The second-order valence-corrected chi connectivity index (χ2v) is 8.36. The fourth-order valence-electron chi connectivity index (χ4n) is 4.22. The molecule has 3 aromatic carbocycles. The standard InChI is InChI=1S/C29H23N3O/c1-19-13-24(28-16-23-5-3-4-6-27(23)33-28)14-20(2)26(19)17-25-11-12-31-29(32-25)15-21-7-9-22(18-30)10-8-21/h3-14,16H,15,17H2,1-2H3. The third kappa shape index (κ3) is 4.40. The van der Waals surface area contributed by atoms with Crippen LogP contribution in [0.5, 0.6) is 0 Å². The molecular formula is C29H23N3O. The predicted octanol–water partition coefficient (Wildman–Crippen LogP) is 6.56. The summed E-state index contributed by atoms with van der Waals surface area (Å²) in [6.45, 7) is 4.29. The molecular weight excluding hydrogens is 406 g/mol. The molecule has 0 unspecified atom stereocenters. The average molecular weight is 430 g/mol. The van der Waals surface area contributed by atoms with Crippen LogP contribution in [-0.2, 0) is 12.8 Å². The molecule has 0 saturated heterocycles. The maximum absolute atomic E-state index is 8.97. The molecule has 5 rings (SSSR count). The van der Waals surface area contributed by atoms with E-state index in [4.69, 9.17) is 14.7 Å². The van der Waals surface area contributed by atoms with Gasteiger partial charge in [0, 0.05) is 35.7 Å². The molecule has 0 saturated carbocycles. The Morgan fingerprint density at radius 1 is 0.879 bits per heavy atom. The van der Waals surface area contributed by atoms with Gasteiger partial charge in [0.1, 0.15) is 17.2 Å². The van der Waals surface area contributed by atoms with Gasteiger partial charge in [-0.2, -0.15) is 5.26 Å². The average Bonchev–Trinajstić information content (AvgIpc) is 3.27. The summed E-state index contributed by atoms with van der Waals surface area (Å²) in [4.78, 5) is 9.25. The second-order valence-electron chi connectivity index (χ2n) is 8.36. The van der Waals surface area contributed by atoms with E-state index in [1.54, 1.807) is 0 Å². The van der Waals surface area contributed by atoms with Gasteiger partial charge in [0.2, 0.25) is 0 Å². The molecule has 0 fully saturated rings. The highest BCUT2D eigenvalue weighted by Gasteiger charge is 2.12. The Morgan fingerprint density at radius 3 is 2.36 bits per heavy atom. The monoisotopic (exact) mass is 429 g/mol. The molecule has 0 aliphatic carbocycles. The van der Waals surface area contributed by atoms with Crippen LogP contribution in [0.2, 0.25) is 0 Å². The first-order chi connectivity index (χ1) is 16.1. The van der Waals surface area contributed by atoms with Crippen molar-refractivity contribution in [3.63, 3.8) is 0 Å². The molecule has 2 aromatic heterocycles. The van der Waals surface area contributed by atoms with Crippen molar-refractivity contribution in [1.29, 1.82) is 5.26 Å². The zero-order valence-corrected chi connectivity index (χ0v) is 18.7. The van der Waals surface area contributed by atoms with Gasteiger partial charge in [0.05, 0.1) is 11.6 Å². The second kappa shape index (κ2) is 8.72. The quantitative estimate of drug-likeness (QED) is 0.317. The summed E-state index contributed by atoms with van der Waals surface area (Å²) >= 11 is 0. The largest absolute Gasteiger partial charge is 0.456 e. The lowest BCUT2D eigenvalue weighted by atomic mass is 9.95. The summed E-state index contributed by atoms with van der Waals surface area (Å²) in [6, 6.07) is 26.3. The third-order valence-corrected chi connectivity index (χ3v) is 5.97.